The molecule has 1 aromatic heterocycles. The highest BCUT2D eigenvalue weighted by Crippen LogP contribution is 2.30. The van der Waals surface area contributed by atoms with Gasteiger partial charge in [0, 0.05) is 18.8 Å². The number of hydrogen-bond acceptors (Lipinski definition) is 6. The number of piperidine rings is 1. The molecule has 1 fully saturated rings. The van der Waals surface area contributed by atoms with E-state index in [0.717, 1.165) is 31.4 Å². The Hall–Kier alpha value is -1.92. The first-order chi connectivity index (χ1) is 11.8. The summed E-state index contributed by atoms with van der Waals surface area (Å²) in [6.45, 7) is 5.64. The van der Waals surface area contributed by atoms with Gasteiger partial charge in [0.1, 0.15) is 0 Å². The Labute approximate surface area is 142 Å². The molecule has 1 aromatic carbocycles. The molecule has 6 heteroatoms. The Morgan fingerprint density at radius 1 is 1.17 bits per heavy atom. The molecule has 6 nitrogen and oxygen atoms in total. The van der Waals surface area contributed by atoms with Gasteiger partial charge in [0.25, 0.3) is 0 Å². The molecule has 128 valence electrons. The van der Waals surface area contributed by atoms with Crippen molar-refractivity contribution < 1.29 is 4.52 Å². The quantitative estimate of drug-likeness (QED) is 0.903. The van der Waals surface area contributed by atoms with Gasteiger partial charge < -0.3 is 15.2 Å². The fourth-order valence-electron chi connectivity index (χ4n) is 3.87. The SMILES string of the molecule is NCc1nc(CN2CCC(CN3CCc4ccccc43)CC2)no1. The lowest BCUT2D eigenvalue weighted by molar-refractivity contribution is 0.174. The van der Waals surface area contributed by atoms with Crippen LogP contribution in [0.15, 0.2) is 28.8 Å². The Kier molecular flexibility index (Phi) is 4.49. The van der Waals surface area contributed by atoms with Gasteiger partial charge in [-0.15, -0.1) is 0 Å². The van der Waals surface area contributed by atoms with E-state index in [1.165, 1.54) is 43.6 Å². The molecule has 2 aliphatic heterocycles. The molecule has 0 amide bonds. The van der Waals surface area contributed by atoms with E-state index < -0.39 is 0 Å². The first-order valence-corrected chi connectivity index (χ1v) is 8.88. The topological polar surface area (TPSA) is 71.4 Å². The molecule has 2 aromatic rings. The summed E-state index contributed by atoms with van der Waals surface area (Å²) in [5, 5.41) is 3.99. The summed E-state index contributed by atoms with van der Waals surface area (Å²) in [5.74, 6) is 2.05. The van der Waals surface area contributed by atoms with Crippen LogP contribution in [0.5, 0.6) is 0 Å². The Morgan fingerprint density at radius 2 is 2.00 bits per heavy atom. The third-order valence-electron chi connectivity index (χ3n) is 5.22. The van der Waals surface area contributed by atoms with Gasteiger partial charge in [-0.1, -0.05) is 23.4 Å². The van der Waals surface area contributed by atoms with Crippen molar-refractivity contribution in [2.75, 3.05) is 31.1 Å². The molecule has 2 N–H and O–H groups in total. The summed E-state index contributed by atoms with van der Waals surface area (Å²) in [6, 6.07) is 8.83. The number of rotatable bonds is 5. The minimum absolute atomic E-state index is 0.312. The smallest absolute Gasteiger partial charge is 0.240 e. The number of para-hydroxylation sites is 1. The lowest BCUT2D eigenvalue weighted by atomic mass is 9.96. The molecule has 0 radical (unpaired) electrons. The summed E-state index contributed by atoms with van der Waals surface area (Å²) in [5.41, 5.74) is 8.46. The van der Waals surface area contributed by atoms with Gasteiger partial charge in [0.15, 0.2) is 5.82 Å². The van der Waals surface area contributed by atoms with Crippen LogP contribution in [-0.4, -0.2) is 41.2 Å². The van der Waals surface area contributed by atoms with E-state index >= 15 is 0 Å². The molecule has 0 saturated carbocycles. The van der Waals surface area contributed by atoms with Gasteiger partial charge >= 0.3 is 0 Å². The highest BCUT2D eigenvalue weighted by Gasteiger charge is 2.25. The Balaban J connectivity index is 1.27. The molecular formula is C18H25N5O. The molecule has 0 atom stereocenters. The predicted molar refractivity (Wildman–Crippen MR) is 92.5 cm³/mol. The van der Waals surface area contributed by atoms with Crippen LogP contribution in [-0.2, 0) is 19.5 Å². The molecule has 4 rings (SSSR count). The lowest BCUT2D eigenvalue weighted by Gasteiger charge is -2.34. The van der Waals surface area contributed by atoms with Gasteiger partial charge in [-0.2, -0.15) is 4.98 Å². The molecule has 0 bridgehead atoms. The number of anilines is 1. The zero-order valence-corrected chi connectivity index (χ0v) is 14.0. The largest absolute Gasteiger partial charge is 0.371 e. The maximum absolute atomic E-state index is 5.51. The summed E-state index contributed by atoms with van der Waals surface area (Å²) in [4.78, 5) is 9.29. The van der Waals surface area contributed by atoms with Crippen molar-refractivity contribution in [2.24, 2.45) is 11.7 Å². The number of nitrogens with two attached hydrogens (primary N) is 1. The molecule has 2 aliphatic rings. The molecule has 0 spiro atoms. The second-order valence-corrected chi connectivity index (χ2v) is 6.85. The number of nitrogens with zero attached hydrogens (tertiary/aromatic N) is 4. The molecule has 24 heavy (non-hydrogen) atoms. The monoisotopic (exact) mass is 327 g/mol. The fourth-order valence-corrected chi connectivity index (χ4v) is 3.87. The van der Waals surface area contributed by atoms with E-state index in [-0.39, 0.29) is 0 Å². The second-order valence-electron chi connectivity index (χ2n) is 6.85. The average Bonchev–Trinajstić information content (AvgIpc) is 3.24. The lowest BCUT2D eigenvalue weighted by Crippen LogP contribution is -2.38. The number of benzene rings is 1. The third-order valence-corrected chi connectivity index (χ3v) is 5.22. The van der Waals surface area contributed by atoms with Crippen LogP contribution in [0.1, 0.15) is 30.1 Å². The number of likely N-dealkylation sites (tertiary alicyclic amines) is 1. The van der Waals surface area contributed by atoms with E-state index in [1.54, 1.807) is 0 Å². The number of hydrogen-bond donors (Lipinski definition) is 1. The van der Waals surface area contributed by atoms with Crippen molar-refractivity contribution in [2.45, 2.75) is 32.4 Å². The van der Waals surface area contributed by atoms with E-state index in [0.29, 0.717) is 12.4 Å². The van der Waals surface area contributed by atoms with Crippen LogP contribution >= 0.6 is 0 Å². The molecule has 0 unspecified atom stereocenters. The van der Waals surface area contributed by atoms with Crippen molar-refractivity contribution in [3.8, 4) is 0 Å². The van der Waals surface area contributed by atoms with Crippen LogP contribution in [0.3, 0.4) is 0 Å². The molecule has 1 saturated heterocycles. The van der Waals surface area contributed by atoms with Gasteiger partial charge in [0.05, 0.1) is 13.1 Å². The van der Waals surface area contributed by atoms with Crippen molar-refractivity contribution in [3.63, 3.8) is 0 Å². The fraction of sp³-hybridized carbons (Fsp3) is 0.556. The zero-order chi connectivity index (χ0) is 16.4. The van der Waals surface area contributed by atoms with Crippen LogP contribution in [0, 0.1) is 5.92 Å². The first-order valence-electron chi connectivity index (χ1n) is 8.88. The second kappa shape index (κ2) is 6.91. The van der Waals surface area contributed by atoms with Crippen LogP contribution in [0.2, 0.25) is 0 Å². The maximum Gasteiger partial charge on any atom is 0.240 e. The van der Waals surface area contributed by atoms with Crippen molar-refractivity contribution in [1.82, 2.24) is 15.0 Å². The number of fused-ring (bicyclic) bond motifs is 1. The Bertz CT molecular complexity index is 678. The van der Waals surface area contributed by atoms with Gasteiger partial charge in [-0.05, 0) is 49.9 Å². The molecule has 0 aliphatic carbocycles. The van der Waals surface area contributed by atoms with E-state index in [4.69, 9.17) is 10.3 Å². The van der Waals surface area contributed by atoms with Crippen LogP contribution < -0.4 is 10.6 Å². The third kappa shape index (κ3) is 3.30. The maximum atomic E-state index is 5.51. The van der Waals surface area contributed by atoms with Gasteiger partial charge in [-0.3, -0.25) is 4.90 Å². The predicted octanol–water partition coefficient (Wildman–Crippen LogP) is 1.80. The molecule has 3 heterocycles. The normalized spacial score (nSPS) is 19.0. The molecular weight excluding hydrogens is 302 g/mol. The van der Waals surface area contributed by atoms with E-state index in [9.17, 15) is 0 Å². The van der Waals surface area contributed by atoms with Crippen LogP contribution in [0.4, 0.5) is 5.69 Å². The summed E-state index contributed by atoms with van der Waals surface area (Å²) in [7, 11) is 0. The Morgan fingerprint density at radius 3 is 2.79 bits per heavy atom. The summed E-state index contributed by atoms with van der Waals surface area (Å²) in [6.07, 6.45) is 3.66. The standard InChI is InChI=1S/C18H25N5O/c19-11-18-20-17(21-24-18)13-22-8-5-14(6-9-22)12-23-10-7-15-3-1-2-4-16(15)23/h1-4,14H,5-13,19H2. The zero-order valence-electron chi connectivity index (χ0n) is 14.0. The van der Waals surface area contributed by atoms with Crippen LogP contribution in [0.25, 0.3) is 0 Å². The highest BCUT2D eigenvalue weighted by molar-refractivity contribution is 5.57. The minimum Gasteiger partial charge on any atom is -0.371 e. The van der Waals surface area contributed by atoms with E-state index in [2.05, 4.69) is 44.2 Å². The summed E-state index contributed by atoms with van der Waals surface area (Å²) < 4.78 is 5.08. The first kappa shape index (κ1) is 15.6. The van der Waals surface area contributed by atoms with Crippen molar-refractivity contribution >= 4 is 5.69 Å². The summed E-state index contributed by atoms with van der Waals surface area (Å²) >= 11 is 0. The average molecular weight is 327 g/mol. The van der Waals surface area contributed by atoms with Gasteiger partial charge in [-0.25, -0.2) is 0 Å². The van der Waals surface area contributed by atoms with Crippen molar-refractivity contribution in [1.29, 1.82) is 0 Å². The highest BCUT2D eigenvalue weighted by atomic mass is 16.5. The van der Waals surface area contributed by atoms with Crippen molar-refractivity contribution in [3.05, 3.63) is 41.5 Å². The van der Waals surface area contributed by atoms with E-state index in [1.807, 2.05) is 0 Å². The van der Waals surface area contributed by atoms with Gasteiger partial charge in [0.2, 0.25) is 5.89 Å². The number of aromatic nitrogens is 2. The minimum atomic E-state index is 0.312.